The summed E-state index contributed by atoms with van der Waals surface area (Å²) in [6.45, 7) is 4.12. The van der Waals surface area contributed by atoms with E-state index >= 15 is 0 Å². The van der Waals surface area contributed by atoms with E-state index in [0.29, 0.717) is 24.1 Å². The highest BCUT2D eigenvalue weighted by Crippen LogP contribution is 2.20. The number of ether oxygens (including phenoxy) is 1. The van der Waals surface area contributed by atoms with Gasteiger partial charge in [-0.05, 0) is 11.5 Å². The van der Waals surface area contributed by atoms with Gasteiger partial charge in [-0.3, -0.25) is 9.59 Å². The first-order valence-corrected chi connectivity index (χ1v) is 7.76. The Kier molecular flexibility index (Phi) is 6.06. The summed E-state index contributed by atoms with van der Waals surface area (Å²) in [6, 6.07) is 7.98. The molecule has 0 fully saturated rings. The molecule has 7 nitrogen and oxygen atoms in total. The van der Waals surface area contributed by atoms with Crippen molar-refractivity contribution in [2.45, 2.75) is 32.6 Å². The first kappa shape index (κ1) is 17.7. The summed E-state index contributed by atoms with van der Waals surface area (Å²) in [5, 5.41) is 6.39. The molecule has 0 bridgehead atoms. The van der Waals surface area contributed by atoms with Crippen molar-refractivity contribution in [1.82, 2.24) is 15.5 Å². The molecule has 1 heterocycles. The molecule has 1 amide bonds. The molecule has 0 unspecified atom stereocenters. The van der Waals surface area contributed by atoms with Crippen LogP contribution in [0.1, 0.15) is 37.6 Å². The van der Waals surface area contributed by atoms with Crippen LogP contribution in [0.25, 0.3) is 11.4 Å². The minimum absolute atomic E-state index is 0.146. The van der Waals surface area contributed by atoms with Crippen LogP contribution in [0.4, 0.5) is 0 Å². The molecule has 0 saturated carbocycles. The average Bonchev–Trinajstić information content (AvgIpc) is 3.06. The van der Waals surface area contributed by atoms with Crippen molar-refractivity contribution >= 4 is 11.9 Å². The van der Waals surface area contributed by atoms with Crippen LogP contribution in [-0.4, -0.2) is 35.7 Å². The molecule has 7 heteroatoms. The lowest BCUT2D eigenvalue weighted by molar-refractivity contribution is -0.141. The number of amides is 1. The lowest BCUT2D eigenvalue weighted by Crippen LogP contribution is -2.30. The van der Waals surface area contributed by atoms with Gasteiger partial charge in [0, 0.05) is 18.4 Å². The van der Waals surface area contributed by atoms with Gasteiger partial charge >= 0.3 is 5.97 Å². The first-order chi connectivity index (χ1) is 11.5. The second kappa shape index (κ2) is 8.24. The lowest BCUT2D eigenvalue weighted by atomic mass is 10.0. The van der Waals surface area contributed by atoms with Crippen LogP contribution in [0, 0.1) is 0 Å². The van der Waals surface area contributed by atoms with Crippen LogP contribution in [0.15, 0.2) is 28.8 Å². The van der Waals surface area contributed by atoms with Gasteiger partial charge in [-0.15, -0.1) is 0 Å². The van der Waals surface area contributed by atoms with Crippen molar-refractivity contribution in [1.29, 1.82) is 0 Å². The number of aromatic nitrogens is 2. The number of aryl methyl sites for hydroxylation is 1. The summed E-state index contributed by atoms with van der Waals surface area (Å²) >= 11 is 0. The number of methoxy groups -OCH3 is 1. The van der Waals surface area contributed by atoms with E-state index in [2.05, 4.69) is 34.0 Å². The summed E-state index contributed by atoms with van der Waals surface area (Å²) in [5.74, 6) is 0.569. The predicted molar refractivity (Wildman–Crippen MR) is 87.2 cm³/mol. The Bertz CT molecular complexity index is 692. The summed E-state index contributed by atoms with van der Waals surface area (Å²) < 4.78 is 9.61. The number of esters is 1. The fraction of sp³-hybridized carbons (Fsp3) is 0.412. The highest BCUT2D eigenvalue weighted by Gasteiger charge is 2.12. The van der Waals surface area contributed by atoms with Crippen molar-refractivity contribution < 1.29 is 18.8 Å². The Labute approximate surface area is 140 Å². The SMILES string of the molecule is COC(=O)CNC(=O)CCc1nc(-c2ccc(C(C)C)cc2)no1. The molecule has 0 saturated heterocycles. The Morgan fingerprint density at radius 3 is 2.58 bits per heavy atom. The molecule has 24 heavy (non-hydrogen) atoms. The largest absolute Gasteiger partial charge is 0.468 e. The van der Waals surface area contributed by atoms with Crippen molar-refractivity contribution in [2.75, 3.05) is 13.7 Å². The van der Waals surface area contributed by atoms with Crippen LogP contribution >= 0.6 is 0 Å². The third kappa shape index (κ3) is 4.91. The lowest BCUT2D eigenvalue weighted by Gasteiger charge is -2.04. The zero-order chi connectivity index (χ0) is 17.5. The van der Waals surface area contributed by atoms with E-state index in [0.717, 1.165) is 5.56 Å². The standard InChI is InChI=1S/C17H21N3O4/c1-11(2)12-4-6-13(7-5-12)17-19-15(24-20-17)9-8-14(21)18-10-16(22)23-3/h4-7,11H,8-10H2,1-3H3,(H,18,21). The summed E-state index contributed by atoms with van der Waals surface area (Å²) in [5.41, 5.74) is 2.11. The van der Waals surface area contributed by atoms with E-state index in [1.54, 1.807) is 0 Å². The molecule has 0 atom stereocenters. The van der Waals surface area contributed by atoms with Crippen LogP contribution in [0.5, 0.6) is 0 Å². The Balaban J connectivity index is 1.88. The molecule has 128 valence electrons. The molecule has 1 N–H and O–H groups in total. The summed E-state index contributed by atoms with van der Waals surface area (Å²) in [7, 11) is 1.27. The van der Waals surface area contributed by atoms with E-state index in [4.69, 9.17) is 4.52 Å². The minimum atomic E-state index is -0.492. The second-order valence-electron chi connectivity index (χ2n) is 5.64. The maximum absolute atomic E-state index is 11.6. The maximum Gasteiger partial charge on any atom is 0.325 e. The number of benzene rings is 1. The molecule has 0 aliphatic carbocycles. The minimum Gasteiger partial charge on any atom is -0.468 e. The second-order valence-corrected chi connectivity index (χ2v) is 5.64. The zero-order valence-electron chi connectivity index (χ0n) is 14.0. The molecule has 2 rings (SSSR count). The normalized spacial score (nSPS) is 10.7. The Morgan fingerprint density at radius 1 is 1.25 bits per heavy atom. The van der Waals surface area contributed by atoms with Gasteiger partial charge in [0.05, 0.1) is 7.11 Å². The number of nitrogens with one attached hydrogen (secondary N) is 1. The molecule has 1 aromatic heterocycles. The van der Waals surface area contributed by atoms with E-state index in [9.17, 15) is 9.59 Å². The van der Waals surface area contributed by atoms with Gasteiger partial charge in [-0.1, -0.05) is 43.3 Å². The van der Waals surface area contributed by atoms with Gasteiger partial charge in [-0.2, -0.15) is 4.98 Å². The number of carbonyl (C=O) groups is 2. The van der Waals surface area contributed by atoms with Crippen LogP contribution < -0.4 is 5.32 Å². The quantitative estimate of drug-likeness (QED) is 0.781. The van der Waals surface area contributed by atoms with Crippen LogP contribution in [0.3, 0.4) is 0 Å². The molecule has 2 aromatic rings. The Hall–Kier alpha value is -2.70. The van der Waals surface area contributed by atoms with E-state index in [1.807, 2.05) is 24.3 Å². The summed E-state index contributed by atoms with van der Waals surface area (Å²) in [4.78, 5) is 26.8. The molecule has 0 aliphatic heterocycles. The maximum atomic E-state index is 11.6. The number of nitrogens with zero attached hydrogens (tertiary/aromatic N) is 2. The van der Waals surface area contributed by atoms with E-state index < -0.39 is 5.97 Å². The van der Waals surface area contributed by atoms with Gasteiger partial charge < -0.3 is 14.6 Å². The zero-order valence-corrected chi connectivity index (χ0v) is 14.0. The van der Waals surface area contributed by atoms with Crippen LogP contribution in [-0.2, 0) is 20.7 Å². The van der Waals surface area contributed by atoms with Gasteiger partial charge in [0.25, 0.3) is 0 Å². The van der Waals surface area contributed by atoms with E-state index in [-0.39, 0.29) is 18.9 Å². The number of rotatable bonds is 7. The molecular formula is C17H21N3O4. The molecule has 0 spiro atoms. The number of hydrogen-bond donors (Lipinski definition) is 1. The number of carbonyl (C=O) groups excluding carboxylic acids is 2. The van der Waals surface area contributed by atoms with Gasteiger partial charge in [-0.25, -0.2) is 0 Å². The van der Waals surface area contributed by atoms with Crippen molar-refractivity contribution in [3.63, 3.8) is 0 Å². The fourth-order valence-corrected chi connectivity index (χ4v) is 2.04. The van der Waals surface area contributed by atoms with E-state index in [1.165, 1.54) is 12.7 Å². The first-order valence-electron chi connectivity index (χ1n) is 7.76. The third-order valence-corrected chi connectivity index (χ3v) is 3.53. The fourth-order valence-electron chi connectivity index (χ4n) is 2.04. The van der Waals surface area contributed by atoms with Gasteiger partial charge in [0.1, 0.15) is 6.54 Å². The summed E-state index contributed by atoms with van der Waals surface area (Å²) in [6.07, 6.45) is 0.467. The highest BCUT2D eigenvalue weighted by atomic mass is 16.5. The predicted octanol–water partition coefficient (Wildman–Crippen LogP) is 2.08. The highest BCUT2D eigenvalue weighted by molar-refractivity contribution is 5.81. The van der Waals surface area contributed by atoms with Crippen LogP contribution in [0.2, 0.25) is 0 Å². The average molecular weight is 331 g/mol. The third-order valence-electron chi connectivity index (χ3n) is 3.53. The van der Waals surface area contributed by atoms with Crippen molar-refractivity contribution in [2.24, 2.45) is 0 Å². The van der Waals surface area contributed by atoms with Crippen molar-refractivity contribution in [3.8, 4) is 11.4 Å². The van der Waals surface area contributed by atoms with Gasteiger partial charge in [0.2, 0.25) is 17.6 Å². The Morgan fingerprint density at radius 2 is 1.96 bits per heavy atom. The molecule has 0 radical (unpaired) electrons. The van der Waals surface area contributed by atoms with Crippen molar-refractivity contribution in [3.05, 3.63) is 35.7 Å². The number of hydrogen-bond acceptors (Lipinski definition) is 6. The monoisotopic (exact) mass is 331 g/mol. The molecular weight excluding hydrogens is 310 g/mol. The van der Waals surface area contributed by atoms with Gasteiger partial charge in [0.15, 0.2) is 0 Å². The topological polar surface area (TPSA) is 94.3 Å². The molecule has 0 aliphatic rings. The smallest absolute Gasteiger partial charge is 0.325 e. The molecule has 1 aromatic carbocycles.